The largest absolute Gasteiger partial charge is 0.332 e. The van der Waals surface area contributed by atoms with Crippen LogP contribution in [0.3, 0.4) is 0 Å². The average Bonchev–Trinajstić information content (AvgIpc) is 3.90. The van der Waals surface area contributed by atoms with Crippen molar-refractivity contribution < 1.29 is 13.7 Å². The summed E-state index contributed by atoms with van der Waals surface area (Å²) in [4.78, 5) is 14.9. The first kappa shape index (κ1) is 17.9. The molecule has 0 unspecified atom stereocenters. The topological polar surface area (TPSA) is 43.6 Å². The van der Waals surface area contributed by atoms with Crippen LogP contribution >= 0.6 is 22.7 Å². The predicted molar refractivity (Wildman–Crippen MR) is 195 cm³/mol. The molecule has 6 heteroatoms. The van der Waals surface area contributed by atoms with Gasteiger partial charge in [-0.3, -0.25) is 0 Å². The summed E-state index contributed by atoms with van der Waals surface area (Å²) in [7, 11) is 0. The zero-order valence-corrected chi connectivity index (χ0v) is 25.4. The minimum absolute atomic E-state index is 0.0270. The standard InChI is InChI=1S/C40H24N4S2/c1-2-11-24(12-3-1)39-41-35(42-40(43-39)30-17-10-16-28-26-14-5-8-19-32(26)46-38(28)30)23-44-31-18-7-4-13-25(31)27-21-22-34-36(37(27)44)29-15-6-9-20-33(29)45-34/h1-22H,23H2/i4D,6D,7D,9D,13D,15D,18D,20D,21D,22D. The van der Waals surface area contributed by atoms with E-state index in [2.05, 4.69) is 18.2 Å². The lowest BCUT2D eigenvalue weighted by atomic mass is 10.1. The van der Waals surface area contributed by atoms with Gasteiger partial charge in [-0.1, -0.05) is 103 Å². The Kier molecular flexibility index (Phi) is 3.91. The number of para-hydroxylation sites is 1. The molecule has 10 aromatic rings. The molecule has 0 aliphatic rings. The molecule has 0 amide bonds. The van der Waals surface area contributed by atoms with Crippen LogP contribution in [-0.4, -0.2) is 19.5 Å². The number of thiophene rings is 2. The van der Waals surface area contributed by atoms with Gasteiger partial charge >= 0.3 is 0 Å². The highest BCUT2D eigenvalue weighted by molar-refractivity contribution is 7.26. The maximum atomic E-state index is 9.26. The van der Waals surface area contributed by atoms with Crippen molar-refractivity contribution in [3.63, 3.8) is 0 Å². The van der Waals surface area contributed by atoms with Gasteiger partial charge in [0, 0.05) is 67.8 Å². The maximum absolute atomic E-state index is 9.26. The van der Waals surface area contributed by atoms with E-state index in [0.29, 0.717) is 11.6 Å². The lowest BCUT2D eigenvalue weighted by Gasteiger charge is -2.12. The number of hydrogen-bond acceptors (Lipinski definition) is 5. The quantitative estimate of drug-likeness (QED) is 0.193. The first-order valence-electron chi connectivity index (χ1n) is 19.5. The number of benzene rings is 6. The zero-order chi connectivity index (χ0) is 38.9. The van der Waals surface area contributed by atoms with Crippen molar-refractivity contribution in [2.75, 3.05) is 0 Å². The molecule has 6 aromatic carbocycles. The summed E-state index contributed by atoms with van der Waals surface area (Å²) >= 11 is 2.61. The smallest absolute Gasteiger partial charge is 0.165 e. The lowest BCUT2D eigenvalue weighted by Crippen LogP contribution is -2.08. The summed E-state index contributed by atoms with van der Waals surface area (Å²) in [5, 5.41) is 2.66. The van der Waals surface area contributed by atoms with E-state index in [1.807, 2.05) is 54.6 Å². The van der Waals surface area contributed by atoms with E-state index >= 15 is 0 Å². The maximum Gasteiger partial charge on any atom is 0.165 e. The van der Waals surface area contributed by atoms with Crippen molar-refractivity contribution in [3.05, 3.63) is 139 Å². The van der Waals surface area contributed by atoms with Crippen molar-refractivity contribution in [1.29, 1.82) is 0 Å². The fraction of sp³-hybridized carbons (Fsp3) is 0.0250. The monoisotopic (exact) mass is 634 g/mol. The van der Waals surface area contributed by atoms with Gasteiger partial charge in [-0.15, -0.1) is 22.7 Å². The van der Waals surface area contributed by atoms with Gasteiger partial charge in [0.15, 0.2) is 17.5 Å². The first-order chi connectivity index (χ1) is 27.0. The summed E-state index contributed by atoms with van der Waals surface area (Å²) in [5.74, 6) is 1.01. The number of hydrogen-bond donors (Lipinski definition) is 0. The van der Waals surface area contributed by atoms with Gasteiger partial charge in [-0.2, -0.15) is 0 Å². The van der Waals surface area contributed by atoms with Crippen molar-refractivity contribution >= 4 is 84.8 Å². The molecule has 0 saturated carbocycles. The van der Waals surface area contributed by atoms with Crippen LogP contribution in [0.5, 0.6) is 0 Å². The van der Waals surface area contributed by atoms with E-state index in [9.17, 15) is 1.37 Å². The molecule has 0 aliphatic carbocycles. The SMILES string of the molecule is [2H]c1c([2H])c([2H])c2c(sc3c([2H])c([2H])c4c5c([2H])c([2H])c([2H])c([2H])c5n(Cc5nc(-c6ccccc6)nc(-c6cccc7c6sc6ccccc67)n5)c4c32)c1[2H]. The Labute approximate surface area is 285 Å². The molecule has 0 N–H and O–H groups in total. The van der Waals surface area contributed by atoms with Crippen molar-refractivity contribution in [3.8, 4) is 22.8 Å². The van der Waals surface area contributed by atoms with Crippen molar-refractivity contribution in [2.24, 2.45) is 0 Å². The summed E-state index contributed by atoms with van der Waals surface area (Å²) in [6.07, 6.45) is 0. The Morgan fingerprint density at radius 2 is 1.35 bits per heavy atom. The highest BCUT2D eigenvalue weighted by Crippen LogP contribution is 2.42. The second kappa shape index (κ2) is 10.0. The molecule has 4 nitrogen and oxygen atoms in total. The molecule has 4 aromatic heterocycles. The van der Waals surface area contributed by atoms with Gasteiger partial charge in [-0.05, 0) is 30.3 Å². The van der Waals surface area contributed by atoms with Crippen molar-refractivity contribution in [2.45, 2.75) is 6.54 Å². The fourth-order valence-electron chi connectivity index (χ4n) is 6.24. The lowest BCUT2D eigenvalue weighted by molar-refractivity contribution is 0.787. The molecule has 0 bridgehead atoms. The Hall–Kier alpha value is -5.43. The first-order valence-corrected chi connectivity index (χ1v) is 16.1. The second-order valence-corrected chi connectivity index (χ2v) is 12.9. The Morgan fingerprint density at radius 1 is 0.565 bits per heavy atom. The van der Waals surface area contributed by atoms with Crippen LogP contribution in [-0.2, 0) is 6.54 Å². The molecule has 0 saturated heterocycles. The number of fused-ring (bicyclic) bond motifs is 10. The van der Waals surface area contributed by atoms with E-state index in [-0.39, 0.29) is 84.6 Å². The molecule has 4 heterocycles. The highest BCUT2D eigenvalue weighted by Gasteiger charge is 2.20. The summed E-state index contributed by atoms with van der Waals surface area (Å²) in [6, 6.07) is 19.7. The van der Waals surface area contributed by atoms with E-state index in [4.69, 9.17) is 27.3 Å². The van der Waals surface area contributed by atoms with Gasteiger partial charge in [-0.25, -0.2) is 15.0 Å². The fourth-order valence-corrected chi connectivity index (χ4v) is 8.42. The van der Waals surface area contributed by atoms with Gasteiger partial charge in [0.2, 0.25) is 0 Å². The number of rotatable bonds is 4. The Bertz CT molecular complexity index is 3360. The molecule has 0 atom stereocenters. The van der Waals surface area contributed by atoms with E-state index in [1.165, 1.54) is 0 Å². The average molecular weight is 635 g/mol. The van der Waals surface area contributed by atoms with Crippen LogP contribution in [0.25, 0.3) is 84.9 Å². The van der Waals surface area contributed by atoms with E-state index in [0.717, 1.165) is 42.6 Å². The van der Waals surface area contributed by atoms with Crippen LogP contribution in [0.15, 0.2) is 133 Å². The van der Waals surface area contributed by atoms with Crippen LogP contribution in [0.2, 0.25) is 0 Å². The second-order valence-electron chi connectivity index (χ2n) is 10.8. The Balaban J connectivity index is 1.34. The van der Waals surface area contributed by atoms with Crippen LogP contribution in [0.4, 0.5) is 0 Å². The Morgan fingerprint density at radius 3 is 2.28 bits per heavy atom. The minimum atomic E-state index is -0.505. The molecule has 0 fully saturated rings. The van der Waals surface area contributed by atoms with Crippen LogP contribution in [0, 0.1) is 0 Å². The highest BCUT2D eigenvalue weighted by atomic mass is 32.1. The molecule has 0 radical (unpaired) electrons. The van der Waals surface area contributed by atoms with Gasteiger partial charge in [0.25, 0.3) is 0 Å². The summed E-state index contributed by atoms with van der Waals surface area (Å²) < 4.78 is 92.6. The molecular weight excluding hydrogens is 601 g/mol. The molecule has 0 spiro atoms. The summed E-state index contributed by atoms with van der Waals surface area (Å²) in [6.45, 7) is -0.172. The van der Waals surface area contributed by atoms with Crippen LogP contribution < -0.4 is 0 Å². The third kappa shape index (κ3) is 3.87. The normalized spacial score (nSPS) is 15.0. The molecule has 10 rings (SSSR count). The van der Waals surface area contributed by atoms with Gasteiger partial charge in [0.05, 0.1) is 25.8 Å². The summed E-state index contributed by atoms with van der Waals surface area (Å²) in [5.41, 5.74) is 1.79. The molecular formula is C40H24N4S2. The number of nitrogens with zero attached hydrogens (tertiary/aromatic N) is 4. The third-order valence-corrected chi connectivity index (χ3v) is 10.5. The van der Waals surface area contributed by atoms with Gasteiger partial charge in [0.1, 0.15) is 0 Å². The molecule has 0 aliphatic heterocycles. The molecule has 216 valence electrons. The van der Waals surface area contributed by atoms with E-state index < -0.39 is 30.2 Å². The zero-order valence-electron chi connectivity index (χ0n) is 33.7. The minimum Gasteiger partial charge on any atom is -0.332 e. The van der Waals surface area contributed by atoms with Gasteiger partial charge < -0.3 is 4.57 Å². The third-order valence-electron chi connectivity index (χ3n) is 8.22. The van der Waals surface area contributed by atoms with Crippen molar-refractivity contribution in [1.82, 2.24) is 19.5 Å². The molecule has 46 heavy (non-hydrogen) atoms. The number of aromatic nitrogens is 4. The van der Waals surface area contributed by atoms with Crippen LogP contribution in [0.1, 0.15) is 19.5 Å². The predicted octanol–water partition coefficient (Wildman–Crippen LogP) is 11.1. The van der Waals surface area contributed by atoms with E-state index in [1.54, 1.807) is 15.9 Å².